The molecule has 4 saturated carbocycles. The second-order valence-electron chi connectivity index (χ2n) is 8.42. The molecule has 4 aliphatic rings. The molecule has 4 fully saturated rings. The Morgan fingerprint density at radius 1 is 1.08 bits per heavy atom. The summed E-state index contributed by atoms with van der Waals surface area (Å²) in [5, 5.41) is 6.64. The van der Waals surface area contributed by atoms with Crippen molar-refractivity contribution in [2.24, 2.45) is 23.2 Å². The third-order valence-corrected chi connectivity index (χ3v) is 6.58. The molecule has 128 valence electrons. The van der Waals surface area contributed by atoms with Crippen molar-refractivity contribution in [3.63, 3.8) is 0 Å². The smallest absolute Gasteiger partial charge is 0.232 e. The van der Waals surface area contributed by atoms with E-state index < -0.39 is 0 Å². The SMILES string of the molecule is Cc1ccc(NC(=S)NC(=O)C23CC4CC(CC(C4)C2)C3)c(C)c1. The first kappa shape index (κ1) is 16.1. The van der Waals surface area contributed by atoms with E-state index in [1.165, 1.54) is 24.8 Å². The summed E-state index contributed by atoms with van der Waals surface area (Å²) in [7, 11) is 0. The van der Waals surface area contributed by atoms with Crippen molar-refractivity contribution in [1.29, 1.82) is 0 Å². The summed E-state index contributed by atoms with van der Waals surface area (Å²) in [5.41, 5.74) is 3.18. The Morgan fingerprint density at radius 3 is 2.21 bits per heavy atom. The number of carbonyl (C=O) groups excluding carboxylic acids is 1. The van der Waals surface area contributed by atoms with Gasteiger partial charge in [0.15, 0.2) is 5.11 Å². The monoisotopic (exact) mass is 342 g/mol. The number of amides is 1. The normalized spacial score (nSPS) is 33.3. The first-order valence-corrected chi connectivity index (χ1v) is 9.54. The summed E-state index contributed by atoms with van der Waals surface area (Å²) >= 11 is 5.42. The van der Waals surface area contributed by atoms with Gasteiger partial charge in [0.1, 0.15) is 0 Å². The van der Waals surface area contributed by atoms with Crippen LogP contribution in [0.4, 0.5) is 5.69 Å². The van der Waals surface area contributed by atoms with Gasteiger partial charge in [-0.2, -0.15) is 0 Å². The third-order valence-electron chi connectivity index (χ3n) is 6.38. The maximum atomic E-state index is 13.0. The molecular formula is C20H26N2OS. The highest BCUT2D eigenvalue weighted by molar-refractivity contribution is 7.80. The van der Waals surface area contributed by atoms with Gasteiger partial charge in [0.05, 0.1) is 5.41 Å². The number of nitrogens with one attached hydrogen (secondary N) is 2. The predicted octanol–water partition coefficient (Wildman–Crippen LogP) is 4.33. The Balaban J connectivity index is 1.43. The molecule has 1 aromatic rings. The molecule has 24 heavy (non-hydrogen) atoms. The minimum atomic E-state index is -0.150. The van der Waals surface area contributed by atoms with Gasteiger partial charge in [0.2, 0.25) is 5.91 Å². The molecular weight excluding hydrogens is 316 g/mol. The van der Waals surface area contributed by atoms with Crippen LogP contribution in [0, 0.1) is 37.0 Å². The molecule has 0 unspecified atom stereocenters. The van der Waals surface area contributed by atoms with Gasteiger partial charge in [-0.05, 0) is 94.0 Å². The molecule has 0 spiro atoms. The highest BCUT2D eigenvalue weighted by Crippen LogP contribution is 2.60. The molecule has 0 atom stereocenters. The van der Waals surface area contributed by atoms with Crippen LogP contribution in [0.3, 0.4) is 0 Å². The summed E-state index contributed by atoms with van der Waals surface area (Å²) in [6.45, 7) is 4.13. The molecule has 0 aromatic heterocycles. The van der Waals surface area contributed by atoms with Crippen LogP contribution in [-0.2, 0) is 4.79 Å². The van der Waals surface area contributed by atoms with Gasteiger partial charge >= 0.3 is 0 Å². The van der Waals surface area contributed by atoms with Crippen LogP contribution >= 0.6 is 12.2 Å². The van der Waals surface area contributed by atoms with Crippen molar-refractivity contribution in [3.05, 3.63) is 29.3 Å². The number of rotatable bonds is 2. The summed E-state index contributed by atoms with van der Waals surface area (Å²) in [6, 6.07) is 6.19. The van der Waals surface area contributed by atoms with Crippen molar-refractivity contribution in [1.82, 2.24) is 5.32 Å². The molecule has 4 aliphatic carbocycles. The molecule has 0 aliphatic heterocycles. The topological polar surface area (TPSA) is 41.1 Å². The lowest BCUT2D eigenvalue weighted by atomic mass is 9.49. The van der Waals surface area contributed by atoms with E-state index in [4.69, 9.17) is 12.2 Å². The van der Waals surface area contributed by atoms with Crippen molar-refractivity contribution >= 4 is 28.9 Å². The van der Waals surface area contributed by atoms with Crippen LogP contribution in [0.2, 0.25) is 0 Å². The van der Waals surface area contributed by atoms with Gasteiger partial charge in [-0.15, -0.1) is 0 Å². The number of hydrogen-bond donors (Lipinski definition) is 2. The molecule has 0 radical (unpaired) electrons. The minimum absolute atomic E-state index is 0.150. The van der Waals surface area contributed by atoms with E-state index in [-0.39, 0.29) is 11.3 Å². The lowest BCUT2D eigenvalue weighted by molar-refractivity contribution is -0.144. The molecule has 0 heterocycles. The first-order chi connectivity index (χ1) is 11.4. The molecule has 4 heteroatoms. The zero-order valence-electron chi connectivity index (χ0n) is 14.5. The molecule has 3 nitrogen and oxygen atoms in total. The summed E-state index contributed by atoms with van der Waals surface area (Å²) < 4.78 is 0. The Labute approximate surface area is 149 Å². The van der Waals surface area contributed by atoms with E-state index in [1.807, 2.05) is 6.07 Å². The molecule has 5 rings (SSSR count). The molecule has 1 aromatic carbocycles. The fraction of sp³-hybridized carbons (Fsp3) is 0.600. The maximum Gasteiger partial charge on any atom is 0.232 e. The number of carbonyl (C=O) groups is 1. The van der Waals surface area contributed by atoms with Crippen molar-refractivity contribution < 1.29 is 4.79 Å². The highest BCUT2D eigenvalue weighted by atomic mass is 32.1. The second kappa shape index (κ2) is 5.83. The quantitative estimate of drug-likeness (QED) is 0.786. The molecule has 1 amide bonds. The lowest BCUT2D eigenvalue weighted by Gasteiger charge is -2.55. The molecule has 2 N–H and O–H groups in total. The Hall–Kier alpha value is -1.42. The van der Waals surface area contributed by atoms with Crippen LogP contribution in [0.15, 0.2) is 18.2 Å². The number of anilines is 1. The van der Waals surface area contributed by atoms with Gasteiger partial charge < -0.3 is 10.6 Å². The van der Waals surface area contributed by atoms with Crippen molar-refractivity contribution in [3.8, 4) is 0 Å². The Bertz CT molecular complexity index is 662. The standard InChI is InChI=1S/C20H26N2OS/c1-12-3-4-17(13(2)5-12)21-19(24)22-18(23)20-9-14-6-15(10-20)8-16(7-14)11-20/h3-5,14-16H,6-11H2,1-2H3,(H2,21,22,23,24). The number of hydrogen-bond acceptors (Lipinski definition) is 2. The zero-order valence-corrected chi connectivity index (χ0v) is 15.3. The molecule has 4 bridgehead atoms. The fourth-order valence-electron chi connectivity index (χ4n) is 5.73. The van der Waals surface area contributed by atoms with Crippen LogP contribution < -0.4 is 10.6 Å². The lowest BCUT2D eigenvalue weighted by Crippen LogP contribution is -2.55. The predicted molar refractivity (Wildman–Crippen MR) is 101 cm³/mol. The van der Waals surface area contributed by atoms with E-state index >= 15 is 0 Å². The number of aryl methyl sites for hydroxylation is 2. The van der Waals surface area contributed by atoms with E-state index in [1.54, 1.807) is 0 Å². The van der Waals surface area contributed by atoms with E-state index in [0.29, 0.717) is 5.11 Å². The average Bonchev–Trinajstić information content (AvgIpc) is 2.48. The number of thiocarbonyl (C=S) groups is 1. The second-order valence-corrected chi connectivity index (χ2v) is 8.83. The van der Waals surface area contributed by atoms with E-state index in [9.17, 15) is 4.79 Å². The van der Waals surface area contributed by atoms with Crippen LogP contribution in [0.25, 0.3) is 0 Å². The van der Waals surface area contributed by atoms with Gasteiger partial charge in [-0.3, -0.25) is 4.79 Å². The fourth-order valence-corrected chi connectivity index (χ4v) is 5.93. The molecule has 0 saturated heterocycles. The zero-order chi connectivity index (χ0) is 16.9. The largest absolute Gasteiger partial charge is 0.332 e. The van der Waals surface area contributed by atoms with Crippen LogP contribution in [-0.4, -0.2) is 11.0 Å². The van der Waals surface area contributed by atoms with Gasteiger partial charge in [-0.25, -0.2) is 0 Å². The van der Waals surface area contributed by atoms with Gasteiger partial charge in [0, 0.05) is 5.69 Å². The Kier molecular flexibility index (Phi) is 3.91. The van der Waals surface area contributed by atoms with Crippen LogP contribution in [0.5, 0.6) is 0 Å². The minimum Gasteiger partial charge on any atom is -0.332 e. The highest BCUT2D eigenvalue weighted by Gasteiger charge is 2.54. The van der Waals surface area contributed by atoms with Gasteiger partial charge in [0.25, 0.3) is 0 Å². The number of benzene rings is 1. The van der Waals surface area contributed by atoms with E-state index in [0.717, 1.165) is 48.3 Å². The van der Waals surface area contributed by atoms with Crippen molar-refractivity contribution in [2.45, 2.75) is 52.4 Å². The third kappa shape index (κ3) is 2.85. The van der Waals surface area contributed by atoms with Crippen LogP contribution in [0.1, 0.15) is 49.7 Å². The van der Waals surface area contributed by atoms with E-state index in [2.05, 4.69) is 36.6 Å². The first-order valence-electron chi connectivity index (χ1n) is 9.13. The summed E-state index contributed by atoms with van der Waals surface area (Å²) in [4.78, 5) is 13.0. The Morgan fingerprint density at radius 2 is 1.67 bits per heavy atom. The maximum absolute atomic E-state index is 13.0. The average molecular weight is 343 g/mol. The van der Waals surface area contributed by atoms with Gasteiger partial charge in [-0.1, -0.05) is 17.7 Å². The van der Waals surface area contributed by atoms with Crippen molar-refractivity contribution in [2.75, 3.05) is 5.32 Å². The summed E-state index contributed by atoms with van der Waals surface area (Å²) in [6.07, 6.45) is 7.23. The summed E-state index contributed by atoms with van der Waals surface area (Å²) in [5.74, 6) is 2.46.